The first-order valence-electron chi connectivity index (χ1n) is 4.04. The Kier molecular flexibility index (Phi) is 2.60. The van der Waals surface area contributed by atoms with Gasteiger partial charge in [-0.25, -0.2) is 15.0 Å². The Morgan fingerprint density at radius 1 is 1.36 bits per heavy atom. The lowest BCUT2D eigenvalue weighted by Gasteiger charge is -2.03. The average Bonchev–Trinajstić information content (AvgIpc) is 2.69. The van der Waals surface area contributed by atoms with Gasteiger partial charge in [-0.15, -0.1) is 0 Å². The number of aromatic amines is 1. The number of imidazole rings is 1. The van der Waals surface area contributed by atoms with Crippen LogP contribution in [0, 0.1) is 0 Å². The monoisotopic (exact) mass is 209 g/mol. The number of H-pyrrole nitrogens is 1. The molecule has 0 radical (unpaired) electrons. The highest BCUT2D eigenvalue weighted by Gasteiger charge is 2.01. The van der Waals surface area contributed by atoms with E-state index in [1.807, 2.05) is 0 Å². The van der Waals surface area contributed by atoms with Crippen molar-refractivity contribution in [1.29, 1.82) is 0 Å². The van der Waals surface area contributed by atoms with Crippen LogP contribution in [0.2, 0.25) is 5.15 Å². The van der Waals surface area contributed by atoms with E-state index in [2.05, 4.69) is 25.3 Å². The highest BCUT2D eigenvalue weighted by molar-refractivity contribution is 6.31. The third kappa shape index (κ3) is 2.00. The van der Waals surface area contributed by atoms with Crippen molar-refractivity contribution in [2.24, 2.45) is 0 Å². The van der Waals surface area contributed by atoms with E-state index in [0.717, 1.165) is 5.69 Å². The van der Waals surface area contributed by atoms with Gasteiger partial charge in [0.1, 0.15) is 0 Å². The molecule has 72 valence electrons. The maximum absolute atomic E-state index is 5.80. The molecule has 0 bridgehead atoms. The number of hydrogen-bond acceptors (Lipinski definition) is 4. The van der Waals surface area contributed by atoms with Crippen LogP contribution < -0.4 is 5.32 Å². The van der Waals surface area contributed by atoms with Gasteiger partial charge in [-0.3, -0.25) is 0 Å². The Bertz CT molecular complexity index is 400. The summed E-state index contributed by atoms with van der Waals surface area (Å²) < 4.78 is 0. The molecule has 0 fully saturated rings. The molecule has 2 N–H and O–H groups in total. The molecule has 2 heterocycles. The number of nitrogens with zero attached hydrogens (tertiary/aromatic N) is 3. The second-order valence-corrected chi connectivity index (χ2v) is 2.98. The van der Waals surface area contributed by atoms with Crippen LogP contribution in [0.4, 0.5) is 5.82 Å². The van der Waals surface area contributed by atoms with Crippen molar-refractivity contribution in [2.45, 2.75) is 6.54 Å². The molecule has 0 atom stereocenters. The Morgan fingerprint density at radius 3 is 2.93 bits per heavy atom. The molecule has 2 aromatic rings. The maximum atomic E-state index is 5.80. The molecule has 2 rings (SSSR count). The Morgan fingerprint density at radius 2 is 2.21 bits per heavy atom. The van der Waals surface area contributed by atoms with Gasteiger partial charge < -0.3 is 10.3 Å². The van der Waals surface area contributed by atoms with Crippen molar-refractivity contribution in [1.82, 2.24) is 19.9 Å². The van der Waals surface area contributed by atoms with Crippen LogP contribution in [-0.4, -0.2) is 19.9 Å². The van der Waals surface area contributed by atoms with Crippen LogP contribution in [-0.2, 0) is 6.54 Å². The SMILES string of the molecule is Clc1nccnc1NCc1cnc[nH]1. The van der Waals surface area contributed by atoms with Gasteiger partial charge in [0.05, 0.1) is 18.6 Å². The summed E-state index contributed by atoms with van der Waals surface area (Å²) in [6.45, 7) is 0.596. The highest BCUT2D eigenvalue weighted by Crippen LogP contribution is 2.14. The lowest BCUT2D eigenvalue weighted by atomic mass is 10.4. The first kappa shape index (κ1) is 8.96. The number of anilines is 1. The molecular formula is C8H8ClN5. The Balaban J connectivity index is 2.02. The second-order valence-electron chi connectivity index (χ2n) is 2.63. The molecule has 14 heavy (non-hydrogen) atoms. The highest BCUT2D eigenvalue weighted by atomic mass is 35.5. The molecule has 0 aliphatic rings. The quantitative estimate of drug-likeness (QED) is 0.804. The lowest BCUT2D eigenvalue weighted by Crippen LogP contribution is -2.02. The summed E-state index contributed by atoms with van der Waals surface area (Å²) in [6.07, 6.45) is 6.48. The van der Waals surface area contributed by atoms with E-state index in [9.17, 15) is 0 Å². The third-order valence-corrected chi connectivity index (χ3v) is 1.93. The smallest absolute Gasteiger partial charge is 0.171 e. The van der Waals surface area contributed by atoms with E-state index < -0.39 is 0 Å². The van der Waals surface area contributed by atoms with Crippen LogP contribution in [0.3, 0.4) is 0 Å². The maximum Gasteiger partial charge on any atom is 0.171 e. The third-order valence-electron chi connectivity index (χ3n) is 1.65. The van der Waals surface area contributed by atoms with E-state index in [1.165, 1.54) is 0 Å². The van der Waals surface area contributed by atoms with Gasteiger partial charge in [0.25, 0.3) is 0 Å². The number of rotatable bonds is 3. The number of hydrogen-bond donors (Lipinski definition) is 2. The predicted molar refractivity (Wildman–Crippen MR) is 53.0 cm³/mol. The summed E-state index contributed by atoms with van der Waals surface area (Å²) in [6, 6.07) is 0. The molecule has 5 nitrogen and oxygen atoms in total. The number of nitrogens with one attached hydrogen (secondary N) is 2. The van der Waals surface area contributed by atoms with Crippen molar-refractivity contribution in [3.63, 3.8) is 0 Å². The first-order valence-corrected chi connectivity index (χ1v) is 4.41. The Hall–Kier alpha value is -1.62. The van der Waals surface area contributed by atoms with Crippen molar-refractivity contribution in [3.8, 4) is 0 Å². The standard InChI is InChI=1S/C8H8ClN5/c9-7-8(12-2-1-11-7)13-4-6-3-10-5-14-6/h1-3,5H,4H2,(H,10,14)(H,12,13). The van der Waals surface area contributed by atoms with Crippen molar-refractivity contribution in [2.75, 3.05) is 5.32 Å². The van der Waals surface area contributed by atoms with E-state index in [4.69, 9.17) is 11.6 Å². The summed E-state index contributed by atoms with van der Waals surface area (Å²) in [5.41, 5.74) is 0.965. The zero-order valence-electron chi connectivity index (χ0n) is 7.24. The molecule has 0 aromatic carbocycles. The minimum atomic E-state index is 0.368. The minimum Gasteiger partial charge on any atom is -0.362 e. The zero-order chi connectivity index (χ0) is 9.80. The largest absolute Gasteiger partial charge is 0.362 e. The van der Waals surface area contributed by atoms with Gasteiger partial charge in [0.15, 0.2) is 11.0 Å². The van der Waals surface area contributed by atoms with Gasteiger partial charge in [-0.2, -0.15) is 0 Å². The molecule has 0 unspecified atom stereocenters. The molecule has 6 heteroatoms. The van der Waals surface area contributed by atoms with Crippen molar-refractivity contribution >= 4 is 17.4 Å². The Labute approximate surface area is 85.6 Å². The van der Waals surface area contributed by atoms with Crippen LogP contribution in [0.5, 0.6) is 0 Å². The average molecular weight is 210 g/mol. The summed E-state index contributed by atoms with van der Waals surface area (Å²) in [5.74, 6) is 0.573. The van der Waals surface area contributed by atoms with E-state index in [1.54, 1.807) is 24.9 Å². The molecule has 0 amide bonds. The summed E-state index contributed by atoms with van der Waals surface area (Å²) in [5, 5.41) is 3.41. The van der Waals surface area contributed by atoms with Crippen molar-refractivity contribution < 1.29 is 0 Å². The number of aromatic nitrogens is 4. The molecule has 0 saturated carbocycles. The molecule has 0 aliphatic heterocycles. The summed E-state index contributed by atoms with van der Waals surface area (Å²) in [4.78, 5) is 14.8. The molecule has 0 spiro atoms. The van der Waals surface area contributed by atoms with Gasteiger partial charge in [-0.05, 0) is 0 Å². The lowest BCUT2D eigenvalue weighted by molar-refractivity contribution is 1.04. The molecule has 2 aromatic heterocycles. The molecule has 0 saturated heterocycles. The van der Waals surface area contributed by atoms with E-state index in [0.29, 0.717) is 17.5 Å². The van der Waals surface area contributed by atoms with E-state index in [-0.39, 0.29) is 0 Å². The van der Waals surface area contributed by atoms with Crippen LogP contribution in [0.1, 0.15) is 5.69 Å². The van der Waals surface area contributed by atoms with Gasteiger partial charge >= 0.3 is 0 Å². The fourth-order valence-electron chi connectivity index (χ4n) is 1.000. The van der Waals surface area contributed by atoms with Crippen LogP contribution >= 0.6 is 11.6 Å². The minimum absolute atomic E-state index is 0.368. The fraction of sp³-hybridized carbons (Fsp3) is 0.125. The zero-order valence-corrected chi connectivity index (χ0v) is 7.99. The second kappa shape index (κ2) is 4.06. The van der Waals surface area contributed by atoms with E-state index >= 15 is 0 Å². The summed E-state index contributed by atoms with van der Waals surface area (Å²) >= 11 is 5.80. The molecular weight excluding hydrogens is 202 g/mol. The predicted octanol–water partition coefficient (Wildman–Crippen LogP) is 1.47. The fourth-order valence-corrected chi connectivity index (χ4v) is 1.17. The topological polar surface area (TPSA) is 66.5 Å². The first-order chi connectivity index (χ1) is 6.86. The van der Waals surface area contributed by atoms with Gasteiger partial charge in [0, 0.05) is 18.6 Å². The van der Waals surface area contributed by atoms with Gasteiger partial charge in [0.2, 0.25) is 0 Å². The summed E-state index contributed by atoms with van der Waals surface area (Å²) in [7, 11) is 0. The normalized spacial score (nSPS) is 10.1. The number of halogens is 1. The van der Waals surface area contributed by atoms with Gasteiger partial charge in [-0.1, -0.05) is 11.6 Å². The van der Waals surface area contributed by atoms with Crippen LogP contribution in [0.25, 0.3) is 0 Å². The van der Waals surface area contributed by atoms with Crippen molar-refractivity contribution in [3.05, 3.63) is 35.8 Å². The van der Waals surface area contributed by atoms with Crippen LogP contribution in [0.15, 0.2) is 24.9 Å². The molecule has 0 aliphatic carbocycles.